The van der Waals surface area contributed by atoms with Crippen molar-refractivity contribution in [2.24, 2.45) is 12.0 Å². The summed E-state index contributed by atoms with van der Waals surface area (Å²) in [4.78, 5) is 33.4. The molecule has 0 saturated heterocycles. The number of anilines is 1. The molecule has 0 bridgehead atoms. The molecule has 0 saturated carbocycles. The fraction of sp³-hybridized carbons (Fsp3) is 0.0741. The Morgan fingerprint density at radius 2 is 1.36 bits per heavy atom. The topological polar surface area (TPSA) is 59.6 Å². The average molecular weight is 434 g/mol. The van der Waals surface area contributed by atoms with Crippen LogP contribution in [0.4, 0.5) is 5.69 Å². The Balaban J connectivity index is 1.71. The Morgan fingerprint density at radius 1 is 0.788 bits per heavy atom. The molecule has 0 aliphatic carbocycles. The summed E-state index contributed by atoms with van der Waals surface area (Å²) < 4.78 is 3.33. The molecule has 0 fully saturated rings. The van der Waals surface area contributed by atoms with E-state index in [0.717, 1.165) is 16.8 Å². The van der Waals surface area contributed by atoms with E-state index in [4.69, 9.17) is 0 Å². The van der Waals surface area contributed by atoms with Crippen molar-refractivity contribution in [1.82, 2.24) is 9.36 Å². The monoisotopic (exact) mass is 434 g/mol. The molecule has 0 N–H and O–H groups in total. The van der Waals surface area contributed by atoms with Crippen molar-refractivity contribution in [1.29, 1.82) is 0 Å². The van der Waals surface area contributed by atoms with Crippen molar-refractivity contribution in [3.8, 4) is 5.69 Å². The third kappa shape index (κ3) is 3.51. The molecule has 3 aromatic carbocycles. The van der Waals surface area contributed by atoms with E-state index in [0.29, 0.717) is 17.2 Å². The number of carbonyl (C=O) groups excluding carboxylic acids is 1. The summed E-state index contributed by atoms with van der Waals surface area (Å²) >= 11 is 0. The number of aliphatic imine (C=N–C) groups is 1. The summed E-state index contributed by atoms with van der Waals surface area (Å²) in [5, 5.41) is 0. The fourth-order valence-corrected chi connectivity index (χ4v) is 4.02. The van der Waals surface area contributed by atoms with Crippen molar-refractivity contribution >= 4 is 23.5 Å². The highest BCUT2D eigenvalue weighted by atomic mass is 16.2. The lowest BCUT2D eigenvalue weighted by atomic mass is 10.1. The molecular formula is C27H22N4O2. The first-order valence-corrected chi connectivity index (χ1v) is 10.7. The van der Waals surface area contributed by atoms with Crippen LogP contribution in [0.15, 0.2) is 106 Å². The van der Waals surface area contributed by atoms with Crippen LogP contribution in [0.2, 0.25) is 0 Å². The van der Waals surface area contributed by atoms with E-state index >= 15 is 0 Å². The van der Waals surface area contributed by atoms with Gasteiger partial charge >= 0.3 is 0 Å². The van der Waals surface area contributed by atoms with Crippen molar-refractivity contribution in [2.45, 2.75) is 6.92 Å². The normalized spacial score (nSPS) is 14.7. The molecule has 4 aromatic rings. The van der Waals surface area contributed by atoms with Crippen LogP contribution in [0.5, 0.6) is 0 Å². The molecule has 33 heavy (non-hydrogen) atoms. The standard InChI is InChI=1S/C27H22N4O2/c1-19-24(27(33)31(29(19)2)22-16-10-5-11-17-22)30-25(21-14-8-4-9-15-21)28-23(26(30)32)18-20-12-6-3-7-13-20/h3-18H,1-2H3/b23-18+. The number of hydrogen-bond acceptors (Lipinski definition) is 3. The van der Waals surface area contributed by atoms with Gasteiger partial charge in [-0.25, -0.2) is 9.67 Å². The van der Waals surface area contributed by atoms with Crippen LogP contribution in [-0.4, -0.2) is 21.1 Å². The first-order valence-electron chi connectivity index (χ1n) is 10.7. The Morgan fingerprint density at radius 3 is 2.00 bits per heavy atom. The second-order valence-corrected chi connectivity index (χ2v) is 7.79. The van der Waals surface area contributed by atoms with Crippen molar-refractivity contribution in [3.63, 3.8) is 0 Å². The smallest absolute Gasteiger partial charge is 0.283 e. The highest BCUT2D eigenvalue weighted by molar-refractivity contribution is 6.33. The largest absolute Gasteiger partial charge is 0.296 e. The SMILES string of the molecule is Cc1c(N2C(=O)/C(=C\c3ccccc3)N=C2c2ccccc2)c(=O)n(-c2ccccc2)n1C. The zero-order chi connectivity index (χ0) is 22.9. The van der Waals surface area contributed by atoms with Gasteiger partial charge in [-0.05, 0) is 30.7 Å². The predicted molar refractivity (Wildman–Crippen MR) is 131 cm³/mol. The van der Waals surface area contributed by atoms with Crippen LogP contribution in [0, 0.1) is 6.92 Å². The van der Waals surface area contributed by atoms with Crippen molar-refractivity contribution in [2.75, 3.05) is 4.90 Å². The maximum atomic E-state index is 13.7. The molecule has 6 nitrogen and oxygen atoms in total. The first kappa shape index (κ1) is 20.5. The molecule has 1 aliphatic rings. The fourth-order valence-electron chi connectivity index (χ4n) is 4.02. The molecule has 1 amide bonds. The van der Waals surface area contributed by atoms with Crippen LogP contribution in [0.3, 0.4) is 0 Å². The number of benzene rings is 3. The lowest BCUT2D eigenvalue weighted by Gasteiger charge is -2.17. The minimum atomic E-state index is -0.330. The van der Waals surface area contributed by atoms with Gasteiger partial charge in [-0.15, -0.1) is 0 Å². The van der Waals surface area contributed by atoms with E-state index in [1.165, 1.54) is 4.90 Å². The number of para-hydroxylation sites is 1. The maximum Gasteiger partial charge on any atom is 0.296 e. The van der Waals surface area contributed by atoms with Gasteiger partial charge in [-0.3, -0.25) is 19.2 Å². The van der Waals surface area contributed by atoms with Crippen LogP contribution >= 0.6 is 0 Å². The third-order valence-electron chi connectivity index (χ3n) is 5.74. The van der Waals surface area contributed by atoms with Crippen LogP contribution in [-0.2, 0) is 11.8 Å². The zero-order valence-electron chi connectivity index (χ0n) is 18.3. The quantitative estimate of drug-likeness (QED) is 0.449. The van der Waals surface area contributed by atoms with Gasteiger partial charge in [0.15, 0.2) is 0 Å². The Hall–Kier alpha value is -4.45. The number of amidine groups is 1. The Bertz CT molecular complexity index is 1450. The second kappa shape index (κ2) is 8.24. The van der Waals surface area contributed by atoms with Gasteiger partial charge < -0.3 is 0 Å². The van der Waals surface area contributed by atoms with Gasteiger partial charge in [-0.1, -0.05) is 78.9 Å². The summed E-state index contributed by atoms with van der Waals surface area (Å²) in [6.45, 7) is 1.84. The van der Waals surface area contributed by atoms with Crippen LogP contribution in [0.1, 0.15) is 16.8 Å². The number of aromatic nitrogens is 2. The number of nitrogens with zero attached hydrogens (tertiary/aromatic N) is 4. The van der Waals surface area contributed by atoms with Gasteiger partial charge in [-0.2, -0.15) is 0 Å². The average Bonchev–Trinajstić information content (AvgIpc) is 3.27. The molecule has 2 heterocycles. The van der Waals surface area contributed by atoms with Gasteiger partial charge in [0.25, 0.3) is 11.5 Å². The van der Waals surface area contributed by atoms with Crippen LogP contribution < -0.4 is 10.5 Å². The van der Waals surface area contributed by atoms with E-state index in [9.17, 15) is 9.59 Å². The molecule has 162 valence electrons. The molecule has 0 spiro atoms. The molecule has 0 unspecified atom stereocenters. The summed E-state index contributed by atoms with van der Waals surface area (Å²) in [6.07, 6.45) is 1.75. The van der Waals surface area contributed by atoms with Gasteiger partial charge in [0.05, 0.1) is 11.4 Å². The Kier molecular flexibility index (Phi) is 5.11. The van der Waals surface area contributed by atoms with E-state index < -0.39 is 0 Å². The number of amides is 1. The number of carbonyl (C=O) groups is 1. The first-order chi connectivity index (χ1) is 16.1. The predicted octanol–water partition coefficient (Wildman–Crippen LogP) is 4.32. The lowest BCUT2D eigenvalue weighted by Crippen LogP contribution is -2.36. The highest BCUT2D eigenvalue weighted by Crippen LogP contribution is 2.29. The number of rotatable bonds is 4. The minimum absolute atomic E-state index is 0.279. The van der Waals surface area contributed by atoms with E-state index in [2.05, 4.69) is 4.99 Å². The minimum Gasteiger partial charge on any atom is -0.283 e. The molecule has 6 heteroatoms. The van der Waals surface area contributed by atoms with E-state index in [1.54, 1.807) is 15.4 Å². The van der Waals surface area contributed by atoms with Crippen LogP contribution in [0.25, 0.3) is 11.8 Å². The van der Waals surface area contributed by atoms with Gasteiger partial charge in [0.1, 0.15) is 17.2 Å². The van der Waals surface area contributed by atoms with Crippen molar-refractivity contribution in [3.05, 3.63) is 124 Å². The second-order valence-electron chi connectivity index (χ2n) is 7.79. The molecule has 0 atom stereocenters. The van der Waals surface area contributed by atoms with E-state index in [-0.39, 0.29) is 17.2 Å². The molecule has 1 aliphatic heterocycles. The van der Waals surface area contributed by atoms with Gasteiger partial charge in [0.2, 0.25) is 0 Å². The Labute approximate surface area is 191 Å². The van der Waals surface area contributed by atoms with Gasteiger partial charge in [0, 0.05) is 12.6 Å². The lowest BCUT2D eigenvalue weighted by molar-refractivity contribution is -0.113. The summed E-state index contributed by atoms with van der Waals surface area (Å²) in [7, 11) is 1.81. The van der Waals surface area contributed by atoms with Crippen molar-refractivity contribution < 1.29 is 4.79 Å². The van der Waals surface area contributed by atoms with E-state index in [1.807, 2.05) is 105 Å². The molecule has 1 aromatic heterocycles. The maximum absolute atomic E-state index is 13.7. The zero-order valence-corrected chi connectivity index (χ0v) is 18.3. The molecule has 5 rings (SSSR count). The molecular weight excluding hydrogens is 412 g/mol. The third-order valence-corrected chi connectivity index (χ3v) is 5.74. The summed E-state index contributed by atoms with van der Waals surface area (Å²) in [5.41, 5.74) is 3.33. The molecule has 0 radical (unpaired) electrons. The number of hydrogen-bond donors (Lipinski definition) is 0. The highest BCUT2D eigenvalue weighted by Gasteiger charge is 2.37. The summed E-state index contributed by atoms with van der Waals surface area (Å²) in [6, 6.07) is 28.4. The summed E-state index contributed by atoms with van der Waals surface area (Å²) in [5.74, 6) is 0.109.